The molecular formula is C50H105O4PS. The molecule has 0 fully saturated rings. The summed E-state index contributed by atoms with van der Waals surface area (Å²) in [6.07, 6.45) is 62.4. The Morgan fingerprint density at radius 3 is 0.696 bits per heavy atom. The minimum Gasteiger partial charge on any atom is -0.726 e. The van der Waals surface area contributed by atoms with Crippen LogP contribution in [-0.2, 0) is 14.6 Å². The van der Waals surface area contributed by atoms with Crippen molar-refractivity contribution in [3.05, 3.63) is 0 Å². The van der Waals surface area contributed by atoms with Gasteiger partial charge in [0.15, 0.2) is 0 Å². The van der Waals surface area contributed by atoms with Crippen molar-refractivity contribution >= 4 is 17.7 Å². The van der Waals surface area contributed by atoms with Crippen molar-refractivity contribution in [3.63, 3.8) is 0 Å². The van der Waals surface area contributed by atoms with Crippen LogP contribution < -0.4 is 0 Å². The zero-order chi connectivity index (χ0) is 41.5. The van der Waals surface area contributed by atoms with Gasteiger partial charge in [-0.15, -0.1) is 0 Å². The Bertz CT molecular complexity index is 789. The SMILES string of the molecule is CCCCCCCCCCCCCCCCCCOS(=O)(=O)[O-].CCCCCCCCCCCCCC[P+](CCCCCC)(CCCCCC)CCCCCC. The summed E-state index contributed by atoms with van der Waals surface area (Å²) in [7, 11) is -5.19. The normalized spacial score (nSPS) is 12.0. The molecule has 0 aliphatic rings. The molecule has 0 saturated heterocycles. The monoisotopic (exact) mass is 833 g/mol. The second-order valence-electron chi connectivity index (χ2n) is 17.8. The summed E-state index contributed by atoms with van der Waals surface area (Å²) in [5.74, 6) is 0. The Morgan fingerprint density at radius 2 is 0.482 bits per heavy atom. The first kappa shape index (κ1) is 58.4. The van der Waals surface area contributed by atoms with Gasteiger partial charge in [-0.25, -0.2) is 8.42 Å². The zero-order valence-corrected chi connectivity index (χ0v) is 41.0. The third kappa shape index (κ3) is 48.7. The molecule has 4 nitrogen and oxygen atoms in total. The molecule has 0 aromatic heterocycles. The minimum atomic E-state index is -4.49. The molecule has 0 heterocycles. The fourth-order valence-electron chi connectivity index (χ4n) is 8.39. The van der Waals surface area contributed by atoms with E-state index >= 15 is 0 Å². The lowest BCUT2D eigenvalue weighted by atomic mass is 10.0. The summed E-state index contributed by atoms with van der Waals surface area (Å²) < 4.78 is 34.8. The smallest absolute Gasteiger partial charge is 0.217 e. The average Bonchev–Trinajstić information content (AvgIpc) is 3.18. The van der Waals surface area contributed by atoms with Gasteiger partial charge in [0, 0.05) is 7.26 Å². The third-order valence-corrected chi connectivity index (χ3v) is 17.7. The average molecular weight is 833 g/mol. The highest BCUT2D eigenvalue weighted by molar-refractivity contribution is 7.80. The van der Waals surface area contributed by atoms with E-state index in [0.29, 0.717) is 6.42 Å². The summed E-state index contributed by atoms with van der Waals surface area (Å²) in [6.45, 7) is 11.7. The van der Waals surface area contributed by atoms with E-state index in [0.717, 1.165) is 12.8 Å². The summed E-state index contributed by atoms with van der Waals surface area (Å²) in [4.78, 5) is 0. The third-order valence-electron chi connectivity index (χ3n) is 12.2. The quantitative estimate of drug-likeness (QED) is 0.0265. The molecule has 0 N–H and O–H groups in total. The molecule has 340 valence electrons. The van der Waals surface area contributed by atoms with Gasteiger partial charge in [-0.05, 0) is 57.8 Å². The van der Waals surface area contributed by atoms with E-state index in [1.807, 2.05) is 0 Å². The fourth-order valence-corrected chi connectivity index (χ4v) is 13.6. The maximum absolute atomic E-state index is 10.2. The molecule has 0 saturated carbocycles. The highest BCUT2D eigenvalue weighted by Gasteiger charge is 2.34. The van der Waals surface area contributed by atoms with Crippen LogP contribution in [0.1, 0.15) is 291 Å². The number of rotatable bonds is 46. The summed E-state index contributed by atoms with van der Waals surface area (Å²) in [6, 6.07) is 0. The van der Waals surface area contributed by atoms with Crippen molar-refractivity contribution in [2.24, 2.45) is 0 Å². The second-order valence-corrected chi connectivity index (χ2v) is 23.4. The maximum Gasteiger partial charge on any atom is 0.217 e. The number of unbranched alkanes of at least 4 members (excludes halogenated alkanes) is 35. The van der Waals surface area contributed by atoms with E-state index in [1.165, 1.54) is 212 Å². The predicted octanol–water partition coefficient (Wildman–Crippen LogP) is 18.2. The lowest BCUT2D eigenvalue weighted by Crippen LogP contribution is -2.13. The summed E-state index contributed by atoms with van der Waals surface area (Å²) in [5, 5.41) is 0. The van der Waals surface area contributed by atoms with Crippen molar-refractivity contribution in [1.29, 1.82) is 0 Å². The van der Waals surface area contributed by atoms with Crippen LogP contribution in [0.4, 0.5) is 0 Å². The fraction of sp³-hybridized carbons (Fsp3) is 1.00. The van der Waals surface area contributed by atoms with Gasteiger partial charge >= 0.3 is 0 Å². The Hall–Kier alpha value is 0.300. The van der Waals surface area contributed by atoms with Crippen LogP contribution in [0.5, 0.6) is 0 Å². The molecule has 0 rings (SSSR count). The molecule has 0 aromatic carbocycles. The van der Waals surface area contributed by atoms with Gasteiger partial charge in [-0.3, -0.25) is 4.18 Å². The molecule has 0 spiro atoms. The van der Waals surface area contributed by atoms with Gasteiger partial charge < -0.3 is 4.55 Å². The molecule has 0 aliphatic carbocycles. The largest absolute Gasteiger partial charge is 0.726 e. The number of hydrogen-bond acceptors (Lipinski definition) is 4. The molecule has 0 radical (unpaired) electrons. The van der Waals surface area contributed by atoms with Gasteiger partial charge in [0.05, 0.1) is 31.3 Å². The first-order valence-electron chi connectivity index (χ1n) is 25.8. The van der Waals surface area contributed by atoms with Crippen LogP contribution in [-0.4, -0.2) is 44.2 Å². The van der Waals surface area contributed by atoms with Gasteiger partial charge in [-0.2, -0.15) is 0 Å². The lowest BCUT2D eigenvalue weighted by molar-refractivity contribution is 0.255. The molecule has 0 amide bonds. The second kappa shape index (κ2) is 48.0. The van der Waals surface area contributed by atoms with Crippen LogP contribution in [0.15, 0.2) is 0 Å². The Labute approximate surface area is 356 Å². The molecule has 0 unspecified atom stereocenters. The molecule has 56 heavy (non-hydrogen) atoms. The van der Waals surface area contributed by atoms with Crippen LogP contribution >= 0.6 is 7.26 Å². The molecular weight excluding hydrogens is 728 g/mol. The van der Waals surface area contributed by atoms with E-state index in [-0.39, 0.29) is 6.61 Å². The highest BCUT2D eigenvalue weighted by Crippen LogP contribution is 2.61. The Kier molecular flexibility index (Phi) is 50.0. The predicted molar refractivity (Wildman–Crippen MR) is 255 cm³/mol. The van der Waals surface area contributed by atoms with Crippen molar-refractivity contribution in [2.45, 2.75) is 291 Å². The molecule has 0 bridgehead atoms. The molecule has 6 heteroatoms. The van der Waals surface area contributed by atoms with E-state index in [2.05, 4.69) is 38.8 Å². The summed E-state index contributed by atoms with van der Waals surface area (Å²) >= 11 is 0. The van der Waals surface area contributed by atoms with Crippen LogP contribution in [0.2, 0.25) is 0 Å². The van der Waals surface area contributed by atoms with Gasteiger partial charge in [0.1, 0.15) is 0 Å². The topological polar surface area (TPSA) is 66.4 Å². The first-order chi connectivity index (χ1) is 27.3. The molecule has 0 aromatic rings. The molecule has 0 atom stereocenters. The minimum absolute atomic E-state index is 0.0320. The van der Waals surface area contributed by atoms with Gasteiger partial charge in [-0.1, -0.05) is 234 Å². The van der Waals surface area contributed by atoms with E-state index < -0.39 is 17.7 Å². The van der Waals surface area contributed by atoms with Crippen molar-refractivity contribution in [3.8, 4) is 0 Å². The van der Waals surface area contributed by atoms with E-state index in [1.54, 1.807) is 50.3 Å². The van der Waals surface area contributed by atoms with Gasteiger partial charge in [0.25, 0.3) is 0 Å². The van der Waals surface area contributed by atoms with Crippen molar-refractivity contribution in [2.75, 3.05) is 31.3 Å². The van der Waals surface area contributed by atoms with E-state index in [4.69, 9.17) is 0 Å². The maximum atomic E-state index is 10.2. The van der Waals surface area contributed by atoms with E-state index in [9.17, 15) is 13.0 Å². The first-order valence-corrected chi connectivity index (χ1v) is 29.6. The molecule has 0 aliphatic heterocycles. The highest BCUT2D eigenvalue weighted by atomic mass is 32.3. The zero-order valence-electron chi connectivity index (χ0n) is 39.3. The Morgan fingerprint density at radius 1 is 0.304 bits per heavy atom. The number of hydrogen-bond donors (Lipinski definition) is 0. The van der Waals surface area contributed by atoms with Crippen molar-refractivity contribution < 1.29 is 17.2 Å². The van der Waals surface area contributed by atoms with Crippen LogP contribution in [0.25, 0.3) is 0 Å². The van der Waals surface area contributed by atoms with Crippen LogP contribution in [0, 0.1) is 0 Å². The summed E-state index contributed by atoms with van der Waals surface area (Å²) in [5.41, 5.74) is 0. The standard InChI is InChI=1S/C32H68P.C18H38O4S/c1-5-9-13-17-18-19-20-21-22-23-24-28-32-33(29-25-14-10-6-2,30-26-15-11-7-3)31-27-16-12-8-4;1-2-3-4-5-6-7-8-9-10-11-12-13-14-15-16-17-18-22-23(19,20)21/h5-32H2,1-4H3;2-18H2,1H3,(H,19,20,21)/q+1;/p-1. The lowest BCUT2D eigenvalue weighted by Gasteiger charge is -2.28. The van der Waals surface area contributed by atoms with Crippen LogP contribution in [0.3, 0.4) is 0 Å². The van der Waals surface area contributed by atoms with Crippen molar-refractivity contribution in [1.82, 2.24) is 0 Å². The van der Waals surface area contributed by atoms with Gasteiger partial charge in [0.2, 0.25) is 10.4 Å². The Balaban J connectivity index is 0.